The predicted molar refractivity (Wildman–Crippen MR) is 128 cm³/mol. The molecule has 0 bridgehead atoms. The zero-order chi connectivity index (χ0) is 23.2. The number of piperidine rings is 1. The molecule has 1 saturated heterocycles. The smallest absolute Gasteiger partial charge is 0.408 e. The van der Waals surface area contributed by atoms with Crippen molar-refractivity contribution < 1.29 is 18.3 Å². The molecule has 2 aliphatic rings. The molecular formula is C24H29N3O5S. The molecule has 0 radical (unpaired) electrons. The summed E-state index contributed by atoms with van der Waals surface area (Å²) in [6.45, 7) is 4.97. The first-order chi connectivity index (χ1) is 15.9. The molecule has 9 heteroatoms. The highest BCUT2D eigenvalue weighted by Crippen LogP contribution is 2.58. The van der Waals surface area contributed by atoms with Crippen molar-refractivity contribution in [1.82, 2.24) is 13.8 Å². The molecule has 2 aliphatic heterocycles. The molecule has 3 aromatic rings. The van der Waals surface area contributed by atoms with Gasteiger partial charge in [-0.1, -0.05) is 35.0 Å². The number of benzene rings is 2. The SMILES string of the molecule is Cc1cccc2oc(=O)n(C3CCN(CCCCN4C(=O)c5ccccc5S4(O)O)CC3)c12. The minimum Gasteiger partial charge on any atom is -0.408 e. The lowest BCUT2D eigenvalue weighted by atomic mass is 10.0. The monoisotopic (exact) mass is 471 g/mol. The van der Waals surface area contributed by atoms with Gasteiger partial charge in [0, 0.05) is 25.7 Å². The van der Waals surface area contributed by atoms with Crippen LogP contribution < -0.4 is 5.76 Å². The van der Waals surface area contributed by atoms with Gasteiger partial charge in [0.15, 0.2) is 5.58 Å². The van der Waals surface area contributed by atoms with Crippen molar-refractivity contribution in [2.45, 2.75) is 43.5 Å². The standard InChI is InChI=1S/C24H29N3O5S/c1-17-7-6-9-20-22(17)27(24(29)32-20)18-11-15-25(16-12-18)13-4-5-14-26-23(28)19-8-2-3-10-21(19)33(26,30)31/h2-3,6-10,18,30-31H,4-5,11-16H2,1H3. The van der Waals surface area contributed by atoms with Crippen molar-refractivity contribution in [3.05, 3.63) is 64.1 Å². The molecule has 0 spiro atoms. The molecule has 8 nitrogen and oxygen atoms in total. The Morgan fingerprint density at radius 1 is 1.00 bits per heavy atom. The van der Waals surface area contributed by atoms with E-state index in [1.165, 1.54) is 4.31 Å². The Bertz CT molecular complexity index is 1240. The van der Waals surface area contributed by atoms with E-state index in [0.29, 0.717) is 29.0 Å². The Balaban J connectivity index is 1.14. The maximum Gasteiger partial charge on any atom is 0.420 e. The highest BCUT2D eigenvalue weighted by molar-refractivity contribution is 8.23. The number of para-hydroxylation sites is 1. The molecule has 0 atom stereocenters. The van der Waals surface area contributed by atoms with Crippen LogP contribution in [-0.4, -0.2) is 55.0 Å². The highest BCUT2D eigenvalue weighted by atomic mass is 32.3. The summed E-state index contributed by atoms with van der Waals surface area (Å²) in [5, 5.41) is 0. The van der Waals surface area contributed by atoms with Crippen LogP contribution in [0.2, 0.25) is 0 Å². The second-order valence-electron chi connectivity index (χ2n) is 8.86. The first kappa shape index (κ1) is 22.2. The van der Waals surface area contributed by atoms with Crippen molar-refractivity contribution >= 4 is 27.8 Å². The van der Waals surface area contributed by atoms with E-state index in [2.05, 4.69) is 4.90 Å². The molecule has 1 aromatic heterocycles. The van der Waals surface area contributed by atoms with Gasteiger partial charge < -0.3 is 9.32 Å². The predicted octanol–water partition coefficient (Wildman–Crippen LogP) is 4.50. The number of nitrogens with zero attached hydrogens (tertiary/aromatic N) is 3. The third-order valence-corrected chi connectivity index (χ3v) is 8.70. The van der Waals surface area contributed by atoms with E-state index in [-0.39, 0.29) is 17.7 Å². The lowest BCUT2D eigenvalue weighted by Gasteiger charge is -2.37. The van der Waals surface area contributed by atoms with Gasteiger partial charge in [0.05, 0.1) is 16.0 Å². The zero-order valence-electron chi connectivity index (χ0n) is 18.6. The number of fused-ring (bicyclic) bond motifs is 2. The summed E-state index contributed by atoms with van der Waals surface area (Å²) in [6, 6.07) is 12.6. The molecule has 33 heavy (non-hydrogen) atoms. The van der Waals surface area contributed by atoms with Gasteiger partial charge in [-0.25, -0.2) is 9.10 Å². The summed E-state index contributed by atoms with van der Waals surface area (Å²) in [7, 11) is -3.23. The fourth-order valence-electron chi connectivity index (χ4n) is 5.06. The van der Waals surface area contributed by atoms with E-state index in [9.17, 15) is 18.7 Å². The summed E-state index contributed by atoms with van der Waals surface area (Å²) in [6.07, 6.45) is 3.31. The average Bonchev–Trinajstić information content (AvgIpc) is 3.24. The van der Waals surface area contributed by atoms with Crippen LogP contribution in [0.15, 0.2) is 56.6 Å². The molecule has 0 saturated carbocycles. The maximum atomic E-state index is 12.6. The van der Waals surface area contributed by atoms with E-state index >= 15 is 0 Å². The Labute approximate surface area is 193 Å². The Morgan fingerprint density at radius 3 is 2.48 bits per heavy atom. The summed E-state index contributed by atoms with van der Waals surface area (Å²) in [5.74, 6) is -0.590. The second kappa shape index (κ2) is 8.64. The van der Waals surface area contributed by atoms with Crippen LogP contribution in [-0.2, 0) is 0 Å². The van der Waals surface area contributed by atoms with E-state index < -0.39 is 10.8 Å². The Hall–Kier alpha value is -2.59. The van der Waals surface area contributed by atoms with Crippen LogP contribution in [0.1, 0.15) is 47.6 Å². The molecule has 0 unspecified atom stereocenters. The first-order valence-corrected chi connectivity index (χ1v) is 12.9. The zero-order valence-corrected chi connectivity index (χ0v) is 19.5. The summed E-state index contributed by atoms with van der Waals surface area (Å²) in [4.78, 5) is 27.8. The number of carbonyl (C=O) groups is 1. The lowest BCUT2D eigenvalue weighted by Crippen LogP contribution is -2.37. The van der Waals surface area contributed by atoms with Crippen molar-refractivity contribution in [3.8, 4) is 0 Å². The van der Waals surface area contributed by atoms with Gasteiger partial charge in [-0.3, -0.25) is 18.5 Å². The van der Waals surface area contributed by atoms with Crippen molar-refractivity contribution in [2.24, 2.45) is 0 Å². The number of likely N-dealkylation sites (tertiary alicyclic amines) is 1. The van der Waals surface area contributed by atoms with Crippen molar-refractivity contribution in [3.63, 3.8) is 0 Å². The number of aromatic nitrogens is 1. The van der Waals surface area contributed by atoms with Crippen LogP contribution in [0, 0.1) is 6.92 Å². The number of aryl methyl sites for hydroxylation is 1. The fourth-order valence-corrected chi connectivity index (χ4v) is 6.72. The second-order valence-corrected chi connectivity index (χ2v) is 10.8. The van der Waals surface area contributed by atoms with Gasteiger partial charge in [0.25, 0.3) is 5.91 Å². The average molecular weight is 472 g/mol. The van der Waals surface area contributed by atoms with Crippen LogP contribution >= 0.6 is 10.8 Å². The summed E-state index contributed by atoms with van der Waals surface area (Å²) < 4.78 is 29.6. The van der Waals surface area contributed by atoms with E-state index in [1.807, 2.05) is 29.7 Å². The van der Waals surface area contributed by atoms with Gasteiger partial charge >= 0.3 is 5.76 Å². The van der Waals surface area contributed by atoms with Crippen molar-refractivity contribution in [2.75, 3.05) is 26.2 Å². The number of carbonyl (C=O) groups excluding carboxylic acids is 1. The van der Waals surface area contributed by atoms with Gasteiger partial charge in [0.2, 0.25) is 0 Å². The number of oxazole rings is 1. The summed E-state index contributed by atoms with van der Waals surface area (Å²) >= 11 is 0. The van der Waals surface area contributed by atoms with E-state index in [0.717, 1.165) is 50.0 Å². The molecule has 176 valence electrons. The third-order valence-electron chi connectivity index (χ3n) is 6.79. The third kappa shape index (κ3) is 3.89. The molecule has 2 N–H and O–H groups in total. The molecule has 0 aliphatic carbocycles. The molecule has 2 aromatic carbocycles. The van der Waals surface area contributed by atoms with Gasteiger partial charge in [-0.05, 0) is 62.9 Å². The lowest BCUT2D eigenvalue weighted by molar-refractivity contribution is 0.0859. The minimum absolute atomic E-state index is 0.129. The normalized spacial score (nSPS) is 19.8. The maximum absolute atomic E-state index is 12.6. The quantitative estimate of drug-likeness (QED) is 0.514. The topological polar surface area (TPSA) is 99.2 Å². The number of amides is 1. The van der Waals surface area contributed by atoms with E-state index in [1.54, 1.807) is 24.3 Å². The molecule has 1 fully saturated rings. The van der Waals surface area contributed by atoms with Crippen LogP contribution in [0.25, 0.3) is 11.1 Å². The van der Waals surface area contributed by atoms with Gasteiger partial charge in [-0.15, -0.1) is 0 Å². The minimum atomic E-state index is -3.23. The van der Waals surface area contributed by atoms with E-state index in [4.69, 9.17) is 4.42 Å². The van der Waals surface area contributed by atoms with Crippen molar-refractivity contribution in [1.29, 1.82) is 0 Å². The number of hydrogen-bond acceptors (Lipinski definition) is 6. The number of unbranched alkanes of at least 4 members (excludes halogenated alkanes) is 1. The van der Waals surface area contributed by atoms with Crippen LogP contribution in [0.3, 0.4) is 0 Å². The summed E-state index contributed by atoms with van der Waals surface area (Å²) in [5.41, 5.74) is 2.98. The Kier molecular flexibility index (Phi) is 5.82. The molecular weight excluding hydrogens is 442 g/mol. The van der Waals surface area contributed by atoms with Gasteiger partial charge in [-0.2, -0.15) is 0 Å². The van der Waals surface area contributed by atoms with Gasteiger partial charge in [0.1, 0.15) is 0 Å². The molecule has 1 amide bonds. The Morgan fingerprint density at radius 2 is 1.73 bits per heavy atom. The van der Waals surface area contributed by atoms with Crippen LogP contribution in [0.4, 0.5) is 0 Å². The molecule has 3 heterocycles. The number of rotatable bonds is 6. The van der Waals surface area contributed by atoms with Crippen LogP contribution in [0.5, 0.6) is 0 Å². The number of hydrogen-bond donors (Lipinski definition) is 2. The highest BCUT2D eigenvalue weighted by Gasteiger charge is 2.40. The largest absolute Gasteiger partial charge is 0.420 e. The molecule has 5 rings (SSSR count). The first-order valence-electron chi connectivity index (χ1n) is 11.4. The fraction of sp³-hybridized carbons (Fsp3) is 0.417.